The van der Waals surface area contributed by atoms with Crippen molar-refractivity contribution in [2.45, 2.75) is 38.1 Å². The third-order valence-corrected chi connectivity index (χ3v) is 6.89. The lowest BCUT2D eigenvalue weighted by Gasteiger charge is -2.19. The van der Waals surface area contributed by atoms with Gasteiger partial charge in [0.15, 0.2) is 0 Å². The van der Waals surface area contributed by atoms with Gasteiger partial charge in [-0.3, -0.25) is 4.79 Å². The first-order chi connectivity index (χ1) is 14.7. The van der Waals surface area contributed by atoms with Gasteiger partial charge in [0.25, 0.3) is 5.56 Å². The average molecular weight is 437 g/mol. The number of aromatic amines is 2. The summed E-state index contributed by atoms with van der Waals surface area (Å²) < 4.78 is 29.2. The van der Waals surface area contributed by atoms with Crippen molar-refractivity contribution in [1.82, 2.24) is 19.7 Å². The normalized spacial score (nSPS) is 12.9. The molecule has 8 heteroatoms. The second-order valence-corrected chi connectivity index (χ2v) is 9.45. The summed E-state index contributed by atoms with van der Waals surface area (Å²) in [6, 6.07) is 13.5. The molecule has 7 nitrogen and oxygen atoms in total. The number of nitrogens with zero attached hydrogens (tertiary/aromatic N) is 1. The number of aryl methyl sites for hydroxylation is 3. The zero-order valence-corrected chi connectivity index (χ0v) is 18.4. The minimum atomic E-state index is -3.84. The van der Waals surface area contributed by atoms with E-state index in [1.165, 1.54) is 6.07 Å². The van der Waals surface area contributed by atoms with Crippen LogP contribution in [0, 0.1) is 20.8 Å². The molecular weight excluding hydrogens is 412 g/mol. The molecule has 0 fully saturated rings. The molecule has 0 saturated heterocycles. The molecule has 0 saturated carbocycles. The Balaban J connectivity index is 1.76. The molecule has 160 valence electrons. The fraction of sp³-hybridized carbons (Fsp3) is 0.217. The summed E-state index contributed by atoms with van der Waals surface area (Å²) >= 11 is 0. The third kappa shape index (κ3) is 4.45. The summed E-state index contributed by atoms with van der Waals surface area (Å²) in [5.41, 5.74) is 3.85. The molecular formula is C23H24N4O3S. The molecule has 0 aliphatic rings. The lowest BCUT2D eigenvalue weighted by Crippen LogP contribution is -2.32. The van der Waals surface area contributed by atoms with Crippen LogP contribution in [0.5, 0.6) is 0 Å². The fourth-order valence-corrected chi connectivity index (χ4v) is 4.94. The third-order valence-electron chi connectivity index (χ3n) is 5.42. The number of para-hydroxylation sites is 1. The van der Waals surface area contributed by atoms with Gasteiger partial charge in [0.1, 0.15) is 5.82 Å². The van der Waals surface area contributed by atoms with E-state index in [1.54, 1.807) is 25.1 Å². The van der Waals surface area contributed by atoms with Gasteiger partial charge in [-0.05, 0) is 62.1 Å². The van der Waals surface area contributed by atoms with Gasteiger partial charge in [0, 0.05) is 23.2 Å². The number of benzene rings is 2. The van der Waals surface area contributed by atoms with Crippen LogP contribution < -0.4 is 10.3 Å². The van der Waals surface area contributed by atoms with Crippen molar-refractivity contribution in [2.75, 3.05) is 0 Å². The Morgan fingerprint density at radius 1 is 1.03 bits per heavy atom. The van der Waals surface area contributed by atoms with Crippen LogP contribution >= 0.6 is 0 Å². The SMILES string of the molecule is Cc1nc([C@@H](Cc2c[nH]c3ccccc23)NS(=O)(=O)c2ccc(C)c(C)c2)cc(=O)[nH]1. The Hall–Kier alpha value is -3.23. The maximum Gasteiger partial charge on any atom is 0.251 e. The number of aromatic nitrogens is 3. The molecule has 0 aliphatic heterocycles. The van der Waals surface area contributed by atoms with Crippen molar-refractivity contribution < 1.29 is 8.42 Å². The average Bonchev–Trinajstić information content (AvgIpc) is 3.11. The molecule has 0 spiro atoms. The summed E-state index contributed by atoms with van der Waals surface area (Å²) in [5.74, 6) is 0.428. The van der Waals surface area contributed by atoms with E-state index in [1.807, 2.05) is 44.3 Å². The minimum absolute atomic E-state index is 0.182. The zero-order chi connectivity index (χ0) is 22.2. The summed E-state index contributed by atoms with van der Waals surface area (Å²) in [6.07, 6.45) is 2.20. The highest BCUT2D eigenvalue weighted by molar-refractivity contribution is 7.89. The van der Waals surface area contributed by atoms with E-state index in [0.717, 1.165) is 27.6 Å². The first-order valence-electron chi connectivity index (χ1n) is 9.95. The molecule has 0 radical (unpaired) electrons. The Bertz CT molecular complexity index is 1420. The zero-order valence-electron chi connectivity index (χ0n) is 17.6. The van der Waals surface area contributed by atoms with Gasteiger partial charge in [0.2, 0.25) is 10.0 Å². The van der Waals surface area contributed by atoms with Crippen LogP contribution in [-0.4, -0.2) is 23.4 Å². The Morgan fingerprint density at radius 2 is 1.81 bits per heavy atom. The second kappa shape index (κ2) is 8.13. The van der Waals surface area contributed by atoms with Crippen molar-refractivity contribution >= 4 is 20.9 Å². The van der Waals surface area contributed by atoms with Gasteiger partial charge in [0.05, 0.1) is 16.6 Å². The molecule has 3 N–H and O–H groups in total. The highest BCUT2D eigenvalue weighted by Crippen LogP contribution is 2.25. The molecule has 1 atom stereocenters. The number of H-pyrrole nitrogens is 2. The van der Waals surface area contributed by atoms with Crippen LogP contribution in [0.4, 0.5) is 0 Å². The van der Waals surface area contributed by atoms with E-state index in [0.29, 0.717) is 17.9 Å². The van der Waals surface area contributed by atoms with Gasteiger partial charge in [-0.15, -0.1) is 0 Å². The second-order valence-electron chi connectivity index (χ2n) is 7.74. The summed E-state index contributed by atoms with van der Waals surface area (Å²) in [7, 11) is -3.84. The molecule has 0 aliphatic carbocycles. The lowest BCUT2D eigenvalue weighted by atomic mass is 10.0. The number of rotatable bonds is 6. The van der Waals surface area contributed by atoms with Gasteiger partial charge in [-0.2, -0.15) is 0 Å². The van der Waals surface area contributed by atoms with Gasteiger partial charge < -0.3 is 9.97 Å². The molecule has 2 aromatic heterocycles. The van der Waals surface area contributed by atoms with E-state index >= 15 is 0 Å². The highest BCUT2D eigenvalue weighted by Gasteiger charge is 2.25. The number of fused-ring (bicyclic) bond motifs is 1. The van der Waals surface area contributed by atoms with Crippen molar-refractivity contribution in [3.05, 3.63) is 93.3 Å². The first-order valence-corrected chi connectivity index (χ1v) is 11.4. The molecule has 4 rings (SSSR count). The summed E-state index contributed by atoms with van der Waals surface area (Å²) in [5, 5.41) is 0.999. The van der Waals surface area contributed by atoms with E-state index in [2.05, 4.69) is 19.7 Å². The lowest BCUT2D eigenvalue weighted by molar-refractivity contribution is 0.548. The Kier molecular flexibility index (Phi) is 5.51. The van der Waals surface area contributed by atoms with Crippen LogP contribution in [-0.2, 0) is 16.4 Å². The van der Waals surface area contributed by atoms with Crippen LogP contribution in [0.2, 0.25) is 0 Å². The molecule has 4 aromatic rings. The van der Waals surface area contributed by atoms with Crippen molar-refractivity contribution in [3.8, 4) is 0 Å². The van der Waals surface area contributed by atoms with Crippen LogP contribution in [0.3, 0.4) is 0 Å². The molecule has 31 heavy (non-hydrogen) atoms. The topological polar surface area (TPSA) is 108 Å². The van der Waals surface area contributed by atoms with Crippen LogP contribution in [0.15, 0.2) is 64.4 Å². The first kappa shape index (κ1) is 21.0. The fourth-order valence-electron chi connectivity index (χ4n) is 3.64. The van der Waals surface area contributed by atoms with E-state index in [9.17, 15) is 13.2 Å². The predicted molar refractivity (Wildman–Crippen MR) is 121 cm³/mol. The quantitative estimate of drug-likeness (QED) is 0.430. The van der Waals surface area contributed by atoms with E-state index in [4.69, 9.17) is 0 Å². The molecule has 2 heterocycles. The number of hydrogen-bond acceptors (Lipinski definition) is 4. The highest BCUT2D eigenvalue weighted by atomic mass is 32.2. The predicted octanol–water partition coefficient (Wildman–Crippen LogP) is 3.44. The molecule has 0 amide bonds. The minimum Gasteiger partial charge on any atom is -0.361 e. The summed E-state index contributed by atoms with van der Waals surface area (Å²) in [6.45, 7) is 5.48. The van der Waals surface area contributed by atoms with Gasteiger partial charge in [-0.25, -0.2) is 18.1 Å². The van der Waals surface area contributed by atoms with Gasteiger partial charge in [-0.1, -0.05) is 24.3 Å². The van der Waals surface area contributed by atoms with Gasteiger partial charge >= 0.3 is 0 Å². The van der Waals surface area contributed by atoms with Crippen molar-refractivity contribution in [3.63, 3.8) is 0 Å². The molecule has 0 unspecified atom stereocenters. The van der Waals surface area contributed by atoms with Crippen molar-refractivity contribution in [1.29, 1.82) is 0 Å². The smallest absolute Gasteiger partial charge is 0.251 e. The maximum atomic E-state index is 13.2. The van der Waals surface area contributed by atoms with Crippen LogP contribution in [0.1, 0.15) is 34.3 Å². The van der Waals surface area contributed by atoms with E-state index < -0.39 is 16.1 Å². The Morgan fingerprint density at radius 3 is 2.55 bits per heavy atom. The standard InChI is InChI=1S/C23H24N4O3S/c1-14-8-9-18(10-15(14)2)31(29,30)27-22(21-12-23(28)26-16(3)25-21)11-17-13-24-20-7-5-4-6-19(17)20/h4-10,12-13,22,24,27H,11H2,1-3H3,(H,25,26,28)/t22-/m1/s1. The summed E-state index contributed by atoms with van der Waals surface area (Å²) in [4.78, 5) is 22.5. The number of hydrogen-bond donors (Lipinski definition) is 3. The van der Waals surface area contributed by atoms with Crippen LogP contribution in [0.25, 0.3) is 10.9 Å². The maximum absolute atomic E-state index is 13.2. The number of sulfonamides is 1. The van der Waals surface area contributed by atoms with Crippen molar-refractivity contribution in [2.24, 2.45) is 0 Å². The molecule has 0 bridgehead atoms. The largest absolute Gasteiger partial charge is 0.361 e. The van der Waals surface area contributed by atoms with E-state index in [-0.39, 0.29) is 10.5 Å². The number of nitrogens with one attached hydrogen (secondary N) is 3. The Labute approximate surface area is 180 Å². The monoisotopic (exact) mass is 436 g/mol. The molecule has 2 aromatic carbocycles.